The van der Waals surface area contributed by atoms with Gasteiger partial charge in [-0.15, -0.1) is 11.3 Å². The predicted molar refractivity (Wildman–Crippen MR) is 91.0 cm³/mol. The zero-order valence-corrected chi connectivity index (χ0v) is 14.2. The minimum atomic E-state index is 0.329. The largest absolute Gasteiger partial charge is 0.373 e. The number of pyridine rings is 1. The third kappa shape index (κ3) is 3.94. The normalized spacial score (nSPS) is 18.8. The van der Waals surface area contributed by atoms with E-state index in [2.05, 4.69) is 42.1 Å². The second-order valence-corrected chi connectivity index (χ2v) is 7.30. The van der Waals surface area contributed by atoms with Gasteiger partial charge < -0.3 is 4.74 Å². The number of rotatable bonds is 5. The molecule has 0 saturated carbocycles. The molecule has 2 aromatic heterocycles. The second kappa shape index (κ2) is 7.36. The van der Waals surface area contributed by atoms with Gasteiger partial charge >= 0.3 is 0 Å². The first-order valence-electron chi connectivity index (χ1n) is 8.01. The topological polar surface area (TPSA) is 25.4 Å². The Morgan fingerprint density at radius 1 is 1.27 bits per heavy atom. The van der Waals surface area contributed by atoms with Crippen LogP contribution in [0.5, 0.6) is 0 Å². The lowest BCUT2D eigenvalue weighted by Gasteiger charge is -2.21. The van der Waals surface area contributed by atoms with E-state index in [0.29, 0.717) is 6.10 Å². The van der Waals surface area contributed by atoms with Crippen molar-refractivity contribution in [1.29, 1.82) is 0 Å². The fraction of sp³-hybridized carbons (Fsp3) is 0.500. The van der Waals surface area contributed by atoms with Crippen LogP contribution in [0, 0.1) is 6.92 Å². The van der Waals surface area contributed by atoms with E-state index in [1.54, 1.807) is 0 Å². The van der Waals surface area contributed by atoms with Crippen LogP contribution in [0.2, 0.25) is 0 Å². The SMILES string of the molecule is Cc1cccnc1CN(C)Cc1ccc([C@H]2CCCCO2)s1. The number of ether oxygens (including phenoxy) is 1. The first-order valence-corrected chi connectivity index (χ1v) is 8.83. The van der Waals surface area contributed by atoms with Crippen molar-refractivity contribution < 1.29 is 4.74 Å². The summed E-state index contributed by atoms with van der Waals surface area (Å²) in [6.45, 7) is 4.89. The monoisotopic (exact) mass is 316 g/mol. The van der Waals surface area contributed by atoms with Crippen molar-refractivity contribution in [3.63, 3.8) is 0 Å². The number of aromatic nitrogens is 1. The van der Waals surface area contributed by atoms with Crippen LogP contribution >= 0.6 is 11.3 Å². The van der Waals surface area contributed by atoms with E-state index in [1.807, 2.05) is 23.6 Å². The predicted octanol–water partition coefficient (Wildman–Crippen LogP) is 4.33. The fourth-order valence-electron chi connectivity index (χ4n) is 2.88. The molecule has 0 radical (unpaired) electrons. The van der Waals surface area contributed by atoms with E-state index in [9.17, 15) is 0 Å². The Balaban J connectivity index is 1.58. The average molecular weight is 316 g/mol. The molecule has 0 unspecified atom stereocenters. The molecule has 0 spiro atoms. The highest BCUT2D eigenvalue weighted by Gasteiger charge is 2.18. The summed E-state index contributed by atoms with van der Waals surface area (Å²) in [7, 11) is 2.16. The molecular weight excluding hydrogens is 292 g/mol. The Morgan fingerprint density at radius 2 is 2.18 bits per heavy atom. The van der Waals surface area contributed by atoms with Crippen molar-refractivity contribution in [3.05, 3.63) is 51.5 Å². The van der Waals surface area contributed by atoms with E-state index in [0.717, 1.165) is 25.4 Å². The fourth-order valence-corrected chi connectivity index (χ4v) is 4.06. The summed E-state index contributed by atoms with van der Waals surface area (Å²) < 4.78 is 5.88. The first kappa shape index (κ1) is 15.7. The molecule has 0 aliphatic carbocycles. The van der Waals surface area contributed by atoms with Gasteiger partial charge in [0.25, 0.3) is 0 Å². The van der Waals surface area contributed by atoms with Crippen molar-refractivity contribution in [2.24, 2.45) is 0 Å². The molecular formula is C18H24N2OS. The summed E-state index contributed by atoms with van der Waals surface area (Å²) >= 11 is 1.90. The van der Waals surface area contributed by atoms with Crippen LogP contribution < -0.4 is 0 Å². The zero-order valence-electron chi connectivity index (χ0n) is 13.4. The quantitative estimate of drug-likeness (QED) is 0.821. The summed E-state index contributed by atoms with van der Waals surface area (Å²) in [5.41, 5.74) is 2.43. The van der Waals surface area contributed by atoms with Gasteiger partial charge in [-0.05, 0) is 57.0 Å². The molecule has 0 amide bonds. The van der Waals surface area contributed by atoms with E-state index < -0.39 is 0 Å². The van der Waals surface area contributed by atoms with E-state index >= 15 is 0 Å². The van der Waals surface area contributed by atoms with Crippen LogP contribution in [0.1, 0.15) is 46.4 Å². The lowest BCUT2D eigenvalue weighted by Crippen LogP contribution is -2.18. The van der Waals surface area contributed by atoms with Gasteiger partial charge in [-0.3, -0.25) is 9.88 Å². The highest BCUT2D eigenvalue weighted by atomic mass is 32.1. The Bertz CT molecular complexity index is 605. The van der Waals surface area contributed by atoms with Crippen molar-refractivity contribution in [1.82, 2.24) is 9.88 Å². The van der Waals surface area contributed by atoms with E-state index in [-0.39, 0.29) is 0 Å². The molecule has 3 heterocycles. The summed E-state index contributed by atoms with van der Waals surface area (Å²) in [4.78, 5) is 9.60. The molecule has 0 aromatic carbocycles. The van der Waals surface area contributed by atoms with Gasteiger partial charge in [-0.1, -0.05) is 6.07 Å². The molecule has 118 valence electrons. The molecule has 2 aromatic rings. The van der Waals surface area contributed by atoms with Gasteiger partial charge in [0.05, 0.1) is 11.8 Å². The lowest BCUT2D eigenvalue weighted by atomic mass is 10.1. The maximum atomic E-state index is 5.88. The summed E-state index contributed by atoms with van der Waals surface area (Å²) in [5, 5.41) is 0. The summed E-state index contributed by atoms with van der Waals surface area (Å²) in [6.07, 6.45) is 5.87. The zero-order chi connectivity index (χ0) is 15.4. The number of hydrogen-bond acceptors (Lipinski definition) is 4. The van der Waals surface area contributed by atoms with Crippen molar-refractivity contribution in [2.45, 2.75) is 45.4 Å². The molecule has 1 atom stereocenters. The first-order chi connectivity index (χ1) is 10.7. The van der Waals surface area contributed by atoms with Crippen molar-refractivity contribution in [2.75, 3.05) is 13.7 Å². The molecule has 3 nitrogen and oxygen atoms in total. The number of aryl methyl sites for hydroxylation is 1. The third-order valence-electron chi connectivity index (χ3n) is 4.14. The number of thiophene rings is 1. The average Bonchev–Trinajstić information content (AvgIpc) is 2.99. The summed E-state index contributed by atoms with van der Waals surface area (Å²) in [6, 6.07) is 8.62. The Hall–Kier alpha value is -1.23. The minimum absolute atomic E-state index is 0.329. The number of nitrogens with zero attached hydrogens (tertiary/aromatic N) is 2. The van der Waals surface area contributed by atoms with Crippen LogP contribution in [0.4, 0.5) is 0 Å². The molecule has 0 bridgehead atoms. The number of hydrogen-bond donors (Lipinski definition) is 0. The smallest absolute Gasteiger partial charge is 0.0916 e. The van der Waals surface area contributed by atoms with Gasteiger partial charge in [0.1, 0.15) is 0 Å². The van der Waals surface area contributed by atoms with Crippen LogP contribution in [0.15, 0.2) is 30.5 Å². The van der Waals surface area contributed by atoms with Gasteiger partial charge in [0, 0.05) is 35.6 Å². The van der Waals surface area contributed by atoms with Gasteiger partial charge in [0.2, 0.25) is 0 Å². The molecule has 4 heteroatoms. The molecule has 1 saturated heterocycles. The van der Waals surface area contributed by atoms with Gasteiger partial charge in [-0.25, -0.2) is 0 Å². The lowest BCUT2D eigenvalue weighted by molar-refractivity contribution is 0.0172. The maximum absolute atomic E-state index is 5.88. The second-order valence-electron chi connectivity index (χ2n) is 6.10. The Labute approximate surface area is 137 Å². The van der Waals surface area contributed by atoms with E-state index in [4.69, 9.17) is 4.74 Å². The van der Waals surface area contributed by atoms with Crippen molar-refractivity contribution in [3.8, 4) is 0 Å². The van der Waals surface area contributed by atoms with Crippen LogP contribution in [-0.4, -0.2) is 23.5 Å². The highest BCUT2D eigenvalue weighted by molar-refractivity contribution is 7.12. The third-order valence-corrected chi connectivity index (χ3v) is 5.30. The molecule has 3 rings (SSSR count). The van der Waals surface area contributed by atoms with Crippen LogP contribution in [0.25, 0.3) is 0 Å². The Kier molecular flexibility index (Phi) is 5.24. The maximum Gasteiger partial charge on any atom is 0.0916 e. The Morgan fingerprint density at radius 3 is 2.95 bits per heavy atom. The van der Waals surface area contributed by atoms with E-state index in [1.165, 1.54) is 34.6 Å². The standard InChI is InChI=1S/C18H24N2OS/c1-14-6-5-10-19-16(14)13-20(2)12-15-8-9-18(22-15)17-7-3-4-11-21-17/h5-6,8-10,17H,3-4,7,11-13H2,1-2H3/t17-/m1/s1. The molecule has 22 heavy (non-hydrogen) atoms. The molecule has 1 aliphatic heterocycles. The van der Waals surface area contributed by atoms with Crippen LogP contribution in [-0.2, 0) is 17.8 Å². The molecule has 1 aliphatic rings. The van der Waals surface area contributed by atoms with Gasteiger partial charge in [0.15, 0.2) is 0 Å². The minimum Gasteiger partial charge on any atom is -0.373 e. The van der Waals surface area contributed by atoms with Gasteiger partial charge in [-0.2, -0.15) is 0 Å². The summed E-state index contributed by atoms with van der Waals surface area (Å²) in [5.74, 6) is 0. The molecule has 1 fully saturated rings. The van der Waals surface area contributed by atoms with Crippen LogP contribution in [0.3, 0.4) is 0 Å². The molecule has 0 N–H and O–H groups in total. The highest BCUT2D eigenvalue weighted by Crippen LogP contribution is 2.33. The van der Waals surface area contributed by atoms with Crippen molar-refractivity contribution >= 4 is 11.3 Å².